The fourth-order valence-electron chi connectivity index (χ4n) is 2.11. The van der Waals surface area contributed by atoms with Crippen LogP contribution in [-0.2, 0) is 4.79 Å². The van der Waals surface area contributed by atoms with E-state index in [0.29, 0.717) is 11.1 Å². The van der Waals surface area contributed by atoms with Crippen LogP contribution in [0.3, 0.4) is 0 Å². The molecular weight excluding hydrogens is 348 g/mol. The van der Waals surface area contributed by atoms with E-state index in [1.165, 1.54) is 17.3 Å². The molecule has 26 heavy (non-hydrogen) atoms. The quantitative estimate of drug-likeness (QED) is 0.774. The first-order chi connectivity index (χ1) is 12.2. The summed E-state index contributed by atoms with van der Waals surface area (Å²) in [6, 6.07) is 8.10. The summed E-state index contributed by atoms with van der Waals surface area (Å²) in [5, 5.41) is 20.1. The van der Waals surface area contributed by atoms with Crippen LogP contribution in [0.4, 0.5) is 0 Å². The highest BCUT2D eigenvalue weighted by molar-refractivity contribution is 8.00. The number of hydrogen-bond donors (Lipinski definition) is 1. The van der Waals surface area contributed by atoms with Gasteiger partial charge in [-0.05, 0) is 56.9 Å². The lowest BCUT2D eigenvalue weighted by Crippen LogP contribution is -2.51. The van der Waals surface area contributed by atoms with Gasteiger partial charge in [0.25, 0.3) is 5.22 Å². The van der Waals surface area contributed by atoms with Gasteiger partial charge in [0.15, 0.2) is 0 Å². The smallest absolute Gasteiger partial charge is 0.277 e. The van der Waals surface area contributed by atoms with Crippen molar-refractivity contribution in [2.24, 2.45) is 5.92 Å². The number of nitrogens with zero attached hydrogens (tertiary/aromatic N) is 3. The van der Waals surface area contributed by atoms with Crippen LogP contribution in [-0.4, -0.2) is 26.9 Å². The number of thioether (sulfide) groups is 1. The minimum absolute atomic E-state index is 0.00608. The van der Waals surface area contributed by atoms with E-state index in [9.17, 15) is 10.1 Å². The van der Waals surface area contributed by atoms with E-state index >= 15 is 0 Å². The average molecular weight is 372 g/mol. The van der Waals surface area contributed by atoms with Crippen molar-refractivity contribution < 1.29 is 9.21 Å². The molecule has 0 bridgehead atoms. The highest BCUT2D eigenvalue weighted by Gasteiger charge is 2.32. The molecule has 0 spiro atoms. The zero-order valence-corrected chi connectivity index (χ0v) is 16.8. The summed E-state index contributed by atoms with van der Waals surface area (Å²) in [7, 11) is 0. The summed E-state index contributed by atoms with van der Waals surface area (Å²) in [6.45, 7) is 11.3. The van der Waals surface area contributed by atoms with E-state index in [2.05, 4.69) is 21.6 Å². The molecule has 1 amide bonds. The first-order valence-corrected chi connectivity index (χ1v) is 9.35. The Morgan fingerprint density at radius 3 is 2.54 bits per heavy atom. The standard InChI is InChI=1S/C19H24N4O2S/c1-11(2)19(6,10-20)21-16(24)14(5)26-18-23-22-17(25-18)15-8-7-12(3)13(4)9-15/h7-9,11,14H,1-6H3,(H,21,24)/t14-,19+/m0/s1. The van der Waals surface area contributed by atoms with Crippen LogP contribution in [0.25, 0.3) is 11.5 Å². The van der Waals surface area contributed by atoms with Crippen LogP contribution in [0.15, 0.2) is 27.8 Å². The SMILES string of the molecule is Cc1ccc(-c2nnc(S[C@@H](C)C(=O)N[C@](C)(C#N)C(C)C)o2)cc1C. The molecular formula is C19H24N4O2S. The van der Waals surface area contributed by atoms with E-state index in [0.717, 1.165) is 11.1 Å². The van der Waals surface area contributed by atoms with Crippen molar-refractivity contribution >= 4 is 17.7 Å². The van der Waals surface area contributed by atoms with Gasteiger partial charge in [-0.3, -0.25) is 4.79 Å². The van der Waals surface area contributed by atoms with Crippen LogP contribution in [0.2, 0.25) is 0 Å². The number of benzene rings is 1. The first kappa shape index (κ1) is 20.0. The van der Waals surface area contributed by atoms with Crippen LogP contribution in [0.1, 0.15) is 38.8 Å². The van der Waals surface area contributed by atoms with Gasteiger partial charge < -0.3 is 9.73 Å². The zero-order valence-electron chi connectivity index (χ0n) is 16.0. The summed E-state index contributed by atoms with van der Waals surface area (Å²) in [4.78, 5) is 12.4. The Kier molecular flexibility index (Phi) is 6.09. The number of aryl methyl sites for hydroxylation is 2. The third kappa shape index (κ3) is 4.44. The molecule has 1 N–H and O–H groups in total. The zero-order chi connectivity index (χ0) is 19.5. The normalized spacial score (nSPS) is 14.5. The maximum atomic E-state index is 12.4. The highest BCUT2D eigenvalue weighted by Crippen LogP contribution is 2.28. The predicted molar refractivity (Wildman–Crippen MR) is 102 cm³/mol. The van der Waals surface area contributed by atoms with Crippen molar-refractivity contribution in [3.8, 4) is 17.5 Å². The Bertz CT molecular complexity index is 840. The second kappa shape index (κ2) is 7.92. The molecule has 0 aliphatic carbocycles. The van der Waals surface area contributed by atoms with E-state index < -0.39 is 10.8 Å². The molecule has 0 aliphatic heterocycles. The number of nitriles is 1. The topological polar surface area (TPSA) is 91.8 Å². The van der Waals surface area contributed by atoms with Crippen molar-refractivity contribution in [2.45, 2.75) is 57.6 Å². The molecule has 0 radical (unpaired) electrons. The molecule has 7 heteroatoms. The molecule has 2 atom stereocenters. The summed E-state index contributed by atoms with van der Waals surface area (Å²) in [5.74, 6) is 0.180. The molecule has 2 aromatic rings. The summed E-state index contributed by atoms with van der Waals surface area (Å²) in [5.41, 5.74) is 2.28. The van der Waals surface area contributed by atoms with E-state index in [-0.39, 0.29) is 11.8 Å². The molecule has 1 aromatic heterocycles. The van der Waals surface area contributed by atoms with Crippen molar-refractivity contribution in [1.29, 1.82) is 5.26 Å². The second-order valence-corrected chi connectivity index (χ2v) is 8.18. The van der Waals surface area contributed by atoms with Crippen molar-refractivity contribution in [1.82, 2.24) is 15.5 Å². The maximum Gasteiger partial charge on any atom is 0.277 e. The molecule has 2 rings (SSSR count). The van der Waals surface area contributed by atoms with Crippen LogP contribution >= 0.6 is 11.8 Å². The average Bonchev–Trinajstić information content (AvgIpc) is 3.05. The van der Waals surface area contributed by atoms with Gasteiger partial charge in [0.2, 0.25) is 11.8 Å². The predicted octanol–water partition coefficient (Wildman–Crippen LogP) is 3.89. The Morgan fingerprint density at radius 2 is 1.96 bits per heavy atom. The van der Waals surface area contributed by atoms with Gasteiger partial charge in [0, 0.05) is 5.56 Å². The van der Waals surface area contributed by atoms with E-state index in [4.69, 9.17) is 4.42 Å². The van der Waals surface area contributed by atoms with E-state index in [1.807, 2.05) is 45.9 Å². The monoisotopic (exact) mass is 372 g/mol. The van der Waals surface area contributed by atoms with E-state index in [1.54, 1.807) is 13.8 Å². The van der Waals surface area contributed by atoms with Gasteiger partial charge in [0.05, 0.1) is 11.3 Å². The highest BCUT2D eigenvalue weighted by atomic mass is 32.2. The van der Waals surface area contributed by atoms with Crippen LogP contribution in [0, 0.1) is 31.1 Å². The van der Waals surface area contributed by atoms with Gasteiger partial charge in [-0.15, -0.1) is 10.2 Å². The fourth-order valence-corrected chi connectivity index (χ4v) is 2.80. The molecule has 0 fully saturated rings. The molecule has 138 valence electrons. The minimum atomic E-state index is -0.911. The van der Waals surface area contributed by atoms with Gasteiger partial charge in [-0.1, -0.05) is 31.7 Å². The minimum Gasteiger partial charge on any atom is -0.411 e. The number of carbonyl (C=O) groups excluding carboxylic acids is 1. The molecule has 1 heterocycles. The Balaban J connectivity index is 2.07. The van der Waals surface area contributed by atoms with Gasteiger partial charge in [-0.2, -0.15) is 5.26 Å². The van der Waals surface area contributed by atoms with Crippen molar-refractivity contribution in [2.75, 3.05) is 0 Å². The number of hydrogen-bond acceptors (Lipinski definition) is 6. The number of rotatable bonds is 6. The van der Waals surface area contributed by atoms with Gasteiger partial charge in [-0.25, -0.2) is 0 Å². The molecule has 1 aromatic carbocycles. The number of amides is 1. The number of aromatic nitrogens is 2. The Morgan fingerprint density at radius 1 is 1.27 bits per heavy atom. The molecule has 6 nitrogen and oxygen atoms in total. The first-order valence-electron chi connectivity index (χ1n) is 8.47. The third-order valence-corrected chi connectivity index (χ3v) is 5.51. The summed E-state index contributed by atoms with van der Waals surface area (Å²) >= 11 is 1.18. The van der Waals surface area contributed by atoms with Gasteiger partial charge in [0.1, 0.15) is 5.54 Å². The maximum absolute atomic E-state index is 12.4. The molecule has 0 saturated carbocycles. The number of nitrogens with one attached hydrogen (secondary N) is 1. The Hall–Kier alpha value is -2.33. The Labute approximate surface area is 158 Å². The van der Waals surface area contributed by atoms with Crippen LogP contribution < -0.4 is 5.32 Å². The lowest BCUT2D eigenvalue weighted by molar-refractivity contribution is -0.121. The summed E-state index contributed by atoms with van der Waals surface area (Å²) < 4.78 is 5.69. The third-order valence-electron chi connectivity index (χ3n) is 4.58. The van der Waals surface area contributed by atoms with Crippen LogP contribution in [0.5, 0.6) is 0 Å². The lowest BCUT2D eigenvalue weighted by Gasteiger charge is -2.28. The number of carbonyl (C=O) groups is 1. The summed E-state index contributed by atoms with van der Waals surface area (Å²) in [6.07, 6.45) is 0. The second-order valence-electron chi connectivity index (χ2n) is 6.89. The fraction of sp³-hybridized carbons (Fsp3) is 0.474. The van der Waals surface area contributed by atoms with Crippen molar-refractivity contribution in [3.63, 3.8) is 0 Å². The molecule has 0 unspecified atom stereocenters. The molecule has 0 saturated heterocycles. The largest absolute Gasteiger partial charge is 0.411 e. The van der Waals surface area contributed by atoms with Gasteiger partial charge >= 0.3 is 0 Å². The molecule has 0 aliphatic rings. The van der Waals surface area contributed by atoms with Crippen molar-refractivity contribution in [3.05, 3.63) is 29.3 Å². The lowest BCUT2D eigenvalue weighted by atomic mass is 9.90.